The van der Waals surface area contributed by atoms with E-state index in [9.17, 15) is 0 Å². The van der Waals surface area contributed by atoms with E-state index >= 15 is 0 Å². The number of halogens is 1. The van der Waals surface area contributed by atoms with Gasteiger partial charge in [-0.05, 0) is 23.3 Å². The molecule has 2 rings (SSSR count). The average molecular weight is 338 g/mol. The quantitative estimate of drug-likeness (QED) is 0.735. The molecule has 0 saturated carbocycles. The summed E-state index contributed by atoms with van der Waals surface area (Å²) in [6, 6.07) is 18.8. The van der Waals surface area contributed by atoms with Crippen molar-refractivity contribution < 1.29 is 3.07 Å². The molecule has 0 fully saturated rings. The standard InChI is InChI=1S/C15H15IO/c1-15(2,12-6-4-3-5-7-12)13-8-10-14(17-16)11-9-13/h3-11H,1-2H3. The van der Waals surface area contributed by atoms with Crippen LogP contribution < -0.4 is 3.07 Å². The Hall–Kier alpha value is -1.03. The zero-order valence-corrected chi connectivity index (χ0v) is 12.1. The molecule has 17 heavy (non-hydrogen) atoms. The maximum absolute atomic E-state index is 5.16. The van der Waals surface area contributed by atoms with Gasteiger partial charge in [0.2, 0.25) is 0 Å². The number of benzene rings is 2. The normalized spacial score (nSPS) is 11.2. The third kappa shape index (κ3) is 2.63. The molecule has 0 heterocycles. The van der Waals surface area contributed by atoms with Crippen LogP contribution in [0.15, 0.2) is 54.6 Å². The molecule has 0 aliphatic heterocycles. The Kier molecular flexibility index (Phi) is 3.72. The molecule has 0 aromatic heterocycles. The van der Waals surface area contributed by atoms with Crippen molar-refractivity contribution in [2.45, 2.75) is 19.3 Å². The van der Waals surface area contributed by atoms with E-state index in [-0.39, 0.29) is 5.41 Å². The summed E-state index contributed by atoms with van der Waals surface area (Å²) in [5, 5.41) is 0. The molecule has 0 amide bonds. The highest BCUT2D eigenvalue weighted by molar-refractivity contribution is 14.1. The van der Waals surface area contributed by atoms with Crippen molar-refractivity contribution >= 4 is 23.0 Å². The zero-order valence-electron chi connectivity index (χ0n) is 9.98. The van der Waals surface area contributed by atoms with E-state index in [1.807, 2.05) is 41.2 Å². The summed E-state index contributed by atoms with van der Waals surface area (Å²) < 4.78 is 5.16. The van der Waals surface area contributed by atoms with Crippen molar-refractivity contribution in [2.24, 2.45) is 0 Å². The minimum Gasteiger partial charge on any atom is -0.428 e. The maximum atomic E-state index is 5.16. The van der Waals surface area contributed by atoms with Crippen LogP contribution in [0.1, 0.15) is 25.0 Å². The van der Waals surface area contributed by atoms with Crippen molar-refractivity contribution in [1.29, 1.82) is 0 Å². The van der Waals surface area contributed by atoms with Crippen molar-refractivity contribution in [3.8, 4) is 5.75 Å². The minimum atomic E-state index is 0.0189. The molecule has 2 aromatic rings. The smallest absolute Gasteiger partial charge is 0.192 e. The van der Waals surface area contributed by atoms with Crippen molar-refractivity contribution in [3.63, 3.8) is 0 Å². The van der Waals surface area contributed by atoms with E-state index in [0.717, 1.165) is 5.75 Å². The lowest BCUT2D eigenvalue weighted by atomic mass is 9.78. The molecule has 88 valence electrons. The predicted octanol–water partition coefficient (Wildman–Crippen LogP) is 4.74. The highest BCUT2D eigenvalue weighted by Gasteiger charge is 2.22. The monoisotopic (exact) mass is 338 g/mol. The van der Waals surface area contributed by atoms with Crippen LogP contribution in [0.25, 0.3) is 0 Å². The fraction of sp³-hybridized carbons (Fsp3) is 0.200. The Morgan fingerprint density at radius 3 is 1.88 bits per heavy atom. The average Bonchev–Trinajstić information content (AvgIpc) is 2.40. The van der Waals surface area contributed by atoms with Gasteiger partial charge in [0.05, 0.1) is 0 Å². The van der Waals surface area contributed by atoms with Gasteiger partial charge in [0.25, 0.3) is 0 Å². The van der Waals surface area contributed by atoms with Crippen LogP contribution in [0.4, 0.5) is 0 Å². The molecule has 0 spiro atoms. The lowest BCUT2D eigenvalue weighted by molar-refractivity contribution is 0.637. The van der Waals surface area contributed by atoms with Crippen LogP contribution in [0, 0.1) is 0 Å². The lowest BCUT2D eigenvalue weighted by Gasteiger charge is -2.26. The largest absolute Gasteiger partial charge is 0.428 e. The SMILES string of the molecule is CC(C)(c1ccccc1)c1ccc(OI)cc1. The summed E-state index contributed by atoms with van der Waals surface area (Å²) in [6.45, 7) is 4.48. The van der Waals surface area contributed by atoms with E-state index in [1.54, 1.807) is 0 Å². The second kappa shape index (κ2) is 5.08. The first-order chi connectivity index (χ1) is 8.14. The van der Waals surface area contributed by atoms with Crippen LogP contribution in [-0.2, 0) is 5.41 Å². The van der Waals surface area contributed by atoms with Gasteiger partial charge in [-0.25, -0.2) is 0 Å². The highest BCUT2D eigenvalue weighted by atomic mass is 127. The topological polar surface area (TPSA) is 9.23 Å². The van der Waals surface area contributed by atoms with E-state index in [0.29, 0.717) is 0 Å². The second-order valence-corrected chi connectivity index (χ2v) is 5.03. The van der Waals surface area contributed by atoms with Crippen LogP contribution in [0.5, 0.6) is 5.75 Å². The van der Waals surface area contributed by atoms with Crippen LogP contribution >= 0.6 is 23.0 Å². The number of rotatable bonds is 3. The van der Waals surface area contributed by atoms with Gasteiger partial charge >= 0.3 is 0 Å². The molecule has 0 unspecified atom stereocenters. The first kappa shape index (κ1) is 12.4. The Balaban J connectivity index is 2.37. The summed E-state index contributed by atoms with van der Waals surface area (Å²) in [5.74, 6) is 0.887. The van der Waals surface area contributed by atoms with Gasteiger partial charge in [0, 0.05) is 5.41 Å². The summed E-state index contributed by atoms with van der Waals surface area (Å²) in [7, 11) is 0. The molecular weight excluding hydrogens is 323 g/mol. The highest BCUT2D eigenvalue weighted by Crippen LogP contribution is 2.32. The molecule has 0 bridgehead atoms. The molecule has 2 heteroatoms. The lowest BCUT2D eigenvalue weighted by Crippen LogP contribution is -2.18. The summed E-state index contributed by atoms with van der Waals surface area (Å²) in [5.41, 5.74) is 2.63. The van der Waals surface area contributed by atoms with Crippen molar-refractivity contribution in [3.05, 3.63) is 65.7 Å². The molecule has 0 saturated heterocycles. The van der Waals surface area contributed by atoms with Gasteiger partial charge in [-0.1, -0.05) is 56.3 Å². The van der Waals surface area contributed by atoms with E-state index in [4.69, 9.17) is 3.07 Å². The van der Waals surface area contributed by atoms with Gasteiger partial charge < -0.3 is 3.07 Å². The van der Waals surface area contributed by atoms with Gasteiger partial charge in [-0.15, -0.1) is 0 Å². The first-order valence-electron chi connectivity index (χ1n) is 5.59. The van der Waals surface area contributed by atoms with Gasteiger partial charge in [0.15, 0.2) is 23.0 Å². The predicted molar refractivity (Wildman–Crippen MR) is 79.7 cm³/mol. The molecule has 0 atom stereocenters. The van der Waals surface area contributed by atoms with Crippen molar-refractivity contribution in [1.82, 2.24) is 0 Å². The van der Waals surface area contributed by atoms with E-state index in [1.165, 1.54) is 11.1 Å². The summed E-state index contributed by atoms with van der Waals surface area (Å²) >= 11 is 1.90. The third-order valence-electron chi connectivity index (χ3n) is 3.16. The Morgan fingerprint density at radius 1 is 0.824 bits per heavy atom. The summed E-state index contributed by atoms with van der Waals surface area (Å²) in [4.78, 5) is 0. The first-order valence-corrected chi connectivity index (χ1v) is 6.47. The van der Waals surface area contributed by atoms with E-state index < -0.39 is 0 Å². The Bertz CT molecular complexity index is 474. The Morgan fingerprint density at radius 2 is 1.35 bits per heavy atom. The fourth-order valence-electron chi connectivity index (χ4n) is 1.94. The molecule has 0 radical (unpaired) electrons. The van der Waals surface area contributed by atoms with E-state index in [2.05, 4.69) is 50.2 Å². The molecule has 2 aromatic carbocycles. The summed E-state index contributed by atoms with van der Waals surface area (Å²) in [6.07, 6.45) is 0. The van der Waals surface area contributed by atoms with Crippen molar-refractivity contribution in [2.75, 3.05) is 0 Å². The molecule has 0 aliphatic rings. The van der Waals surface area contributed by atoms with Gasteiger partial charge in [-0.3, -0.25) is 0 Å². The fourth-order valence-corrected chi connectivity index (χ4v) is 2.24. The number of hydrogen-bond acceptors (Lipinski definition) is 1. The van der Waals surface area contributed by atoms with Crippen LogP contribution in [-0.4, -0.2) is 0 Å². The zero-order chi connectivity index (χ0) is 12.3. The molecular formula is C15H15IO. The third-order valence-corrected chi connectivity index (χ3v) is 3.67. The van der Waals surface area contributed by atoms with Crippen LogP contribution in [0.3, 0.4) is 0 Å². The number of hydrogen-bond donors (Lipinski definition) is 0. The van der Waals surface area contributed by atoms with Gasteiger partial charge in [0.1, 0.15) is 5.75 Å². The molecule has 1 nitrogen and oxygen atoms in total. The Labute approximate surface area is 117 Å². The molecule has 0 N–H and O–H groups in total. The molecule has 0 aliphatic carbocycles. The maximum Gasteiger partial charge on any atom is 0.192 e. The second-order valence-electron chi connectivity index (χ2n) is 4.59. The van der Waals surface area contributed by atoms with Gasteiger partial charge in [-0.2, -0.15) is 0 Å². The minimum absolute atomic E-state index is 0.0189. The van der Waals surface area contributed by atoms with Crippen LogP contribution in [0.2, 0.25) is 0 Å².